The van der Waals surface area contributed by atoms with Gasteiger partial charge >= 0.3 is 0 Å². The first-order chi connectivity index (χ1) is 9.44. The maximum absolute atomic E-state index is 13.0. The van der Waals surface area contributed by atoms with Gasteiger partial charge in [0, 0.05) is 17.5 Å². The number of quaternary nitrogens is 1. The fourth-order valence-corrected chi connectivity index (χ4v) is 3.25. The predicted molar refractivity (Wildman–Crippen MR) is 78.5 cm³/mol. The van der Waals surface area contributed by atoms with Crippen LogP contribution >= 0.6 is 11.6 Å². The largest absolute Gasteiger partial charge is 0.327 e. The lowest BCUT2D eigenvalue weighted by Crippen LogP contribution is -3.15. The number of likely N-dealkylation sites (tertiary alicyclic amines) is 1. The summed E-state index contributed by atoms with van der Waals surface area (Å²) in [5, 5.41) is 2.80. The van der Waals surface area contributed by atoms with Gasteiger partial charge in [0.15, 0.2) is 6.54 Å². The zero-order chi connectivity index (χ0) is 14.7. The van der Waals surface area contributed by atoms with E-state index in [9.17, 15) is 9.18 Å². The summed E-state index contributed by atoms with van der Waals surface area (Å²) < 4.78 is 13.0. The second-order valence-corrected chi connectivity index (χ2v) is 6.37. The topological polar surface area (TPSA) is 33.5 Å². The molecule has 0 saturated carbocycles. The fraction of sp³-hybridized carbons (Fsp3) is 0.533. The van der Waals surface area contributed by atoms with Gasteiger partial charge in [0.2, 0.25) is 0 Å². The molecule has 20 heavy (non-hydrogen) atoms. The third kappa shape index (κ3) is 4.18. The Kier molecular flexibility index (Phi) is 5.00. The molecule has 2 atom stereocenters. The van der Waals surface area contributed by atoms with Crippen molar-refractivity contribution < 1.29 is 14.1 Å². The molecule has 0 radical (unpaired) electrons. The summed E-state index contributed by atoms with van der Waals surface area (Å²) in [7, 11) is 0. The van der Waals surface area contributed by atoms with Crippen molar-refractivity contribution in [3.63, 3.8) is 0 Å². The monoisotopic (exact) mass is 299 g/mol. The molecule has 0 aromatic heterocycles. The first kappa shape index (κ1) is 15.3. The zero-order valence-corrected chi connectivity index (χ0v) is 12.6. The van der Waals surface area contributed by atoms with Crippen molar-refractivity contribution in [3.05, 3.63) is 29.0 Å². The van der Waals surface area contributed by atoms with E-state index < -0.39 is 5.82 Å². The number of amides is 1. The van der Waals surface area contributed by atoms with E-state index in [-0.39, 0.29) is 10.9 Å². The van der Waals surface area contributed by atoms with E-state index in [1.54, 1.807) is 0 Å². The average molecular weight is 300 g/mol. The molecule has 1 aliphatic heterocycles. The van der Waals surface area contributed by atoms with Crippen LogP contribution in [0.5, 0.6) is 0 Å². The van der Waals surface area contributed by atoms with Crippen LogP contribution in [0.25, 0.3) is 0 Å². The Balaban J connectivity index is 1.90. The van der Waals surface area contributed by atoms with Crippen LogP contribution in [0.2, 0.25) is 5.02 Å². The van der Waals surface area contributed by atoms with Crippen molar-refractivity contribution in [2.75, 3.05) is 25.0 Å². The van der Waals surface area contributed by atoms with Gasteiger partial charge in [-0.05, 0) is 24.6 Å². The highest BCUT2D eigenvalue weighted by Gasteiger charge is 2.26. The smallest absolute Gasteiger partial charge is 0.279 e. The first-order valence-electron chi connectivity index (χ1n) is 7.02. The molecule has 0 spiro atoms. The van der Waals surface area contributed by atoms with E-state index in [0.29, 0.717) is 24.1 Å². The lowest BCUT2D eigenvalue weighted by molar-refractivity contribution is -0.904. The number of anilines is 1. The molecular weight excluding hydrogens is 279 g/mol. The lowest BCUT2D eigenvalue weighted by atomic mass is 9.92. The number of hydrogen-bond acceptors (Lipinski definition) is 1. The Bertz CT molecular complexity index is 485. The Labute approximate surface area is 124 Å². The van der Waals surface area contributed by atoms with Gasteiger partial charge in [-0.1, -0.05) is 25.4 Å². The van der Waals surface area contributed by atoms with E-state index in [1.807, 2.05) is 0 Å². The predicted octanol–water partition coefficient (Wildman–Crippen LogP) is 1.98. The van der Waals surface area contributed by atoms with Crippen molar-refractivity contribution in [1.29, 1.82) is 0 Å². The molecule has 0 unspecified atom stereocenters. The van der Waals surface area contributed by atoms with E-state index in [0.717, 1.165) is 13.1 Å². The summed E-state index contributed by atoms with van der Waals surface area (Å²) in [5.74, 6) is 0.779. The van der Waals surface area contributed by atoms with E-state index in [1.165, 1.54) is 29.5 Å². The van der Waals surface area contributed by atoms with Crippen LogP contribution < -0.4 is 10.2 Å². The van der Waals surface area contributed by atoms with Gasteiger partial charge in [0.05, 0.1) is 18.1 Å². The summed E-state index contributed by atoms with van der Waals surface area (Å²) >= 11 is 5.70. The van der Waals surface area contributed by atoms with Crippen LogP contribution in [-0.2, 0) is 4.79 Å². The molecule has 1 aromatic rings. The maximum Gasteiger partial charge on any atom is 0.279 e. The molecule has 1 heterocycles. The summed E-state index contributed by atoms with van der Waals surface area (Å²) in [5.41, 5.74) is 0.541. The number of piperidine rings is 1. The number of nitrogens with one attached hydrogen (secondary N) is 2. The third-order valence-electron chi connectivity index (χ3n) is 3.69. The lowest BCUT2D eigenvalue weighted by Gasteiger charge is -2.31. The summed E-state index contributed by atoms with van der Waals surface area (Å²) in [6, 6.07) is 4.22. The normalized spacial score (nSPS) is 26.3. The molecule has 1 fully saturated rings. The molecule has 1 aliphatic rings. The standard InChI is InChI=1S/C15H20ClFN2O/c1-10-5-11(2)8-19(7-10)9-15(20)18-12-3-4-14(17)13(16)6-12/h3-4,6,10-11H,5,7-9H2,1-2H3,(H,18,20)/p+1/t10-,11-/m1/s1. The first-order valence-corrected chi connectivity index (χ1v) is 7.40. The van der Waals surface area contributed by atoms with Gasteiger partial charge in [-0.15, -0.1) is 0 Å². The quantitative estimate of drug-likeness (QED) is 0.879. The molecule has 1 amide bonds. The van der Waals surface area contributed by atoms with Crippen molar-refractivity contribution in [2.24, 2.45) is 11.8 Å². The van der Waals surface area contributed by atoms with Gasteiger partial charge in [-0.25, -0.2) is 4.39 Å². The highest BCUT2D eigenvalue weighted by atomic mass is 35.5. The van der Waals surface area contributed by atoms with Gasteiger partial charge < -0.3 is 10.2 Å². The van der Waals surface area contributed by atoms with Crippen LogP contribution in [0.4, 0.5) is 10.1 Å². The second-order valence-electron chi connectivity index (χ2n) is 5.96. The van der Waals surface area contributed by atoms with Crippen LogP contribution in [0.3, 0.4) is 0 Å². The molecule has 1 aromatic carbocycles. The summed E-state index contributed by atoms with van der Waals surface area (Å²) in [4.78, 5) is 13.3. The summed E-state index contributed by atoms with van der Waals surface area (Å²) in [6.45, 7) is 6.97. The number of benzene rings is 1. The minimum absolute atomic E-state index is 0.0235. The van der Waals surface area contributed by atoms with Crippen molar-refractivity contribution in [1.82, 2.24) is 0 Å². The molecule has 0 aliphatic carbocycles. The minimum atomic E-state index is -0.478. The number of carbonyl (C=O) groups excluding carboxylic acids is 1. The Morgan fingerprint density at radius 1 is 1.40 bits per heavy atom. The van der Waals surface area contributed by atoms with Crippen LogP contribution in [0.15, 0.2) is 18.2 Å². The number of rotatable bonds is 3. The van der Waals surface area contributed by atoms with Crippen molar-refractivity contribution in [2.45, 2.75) is 20.3 Å². The van der Waals surface area contributed by atoms with E-state index >= 15 is 0 Å². The van der Waals surface area contributed by atoms with Crippen molar-refractivity contribution >= 4 is 23.2 Å². The SMILES string of the molecule is C[C@@H]1C[C@@H](C)C[NH+](CC(=O)Nc2ccc(F)c(Cl)c2)C1. The Morgan fingerprint density at radius 2 is 2.05 bits per heavy atom. The third-order valence-corrected chi connectivity index (χ3v) is 3.98. The minimum Gasteiger partial charge on any atom is -0.327 e. The number of hydrogen-bond donors (Lipinski definition) is 2. The van der Waals surface area contributed by atoms with Crippen molar-refractivity contribution in [3.8, 4) is 0 Å². The Hall–Kier alpha value is -1.13. The maximum atomic E-state index is 13.0. The molecule has 0 bridgehead atoms. The van der Waals surface area contributed by atoms with E-state index in [2.05, 4.69) is 19.2 Å². The van der Waals surface area contributed by atoms with Crippen LogP contribution in [-0.4, -0.2) is 25.5 Å². The second kappa shape index (κ2) is 6.55. The van der Waals surface area contributed by atoms with Gasteiger partial charge in [0.25, 0.3) is 5.91 Å². The van der Waals surface area contributed by atoms with Gasteiger partial charge in [-0.2, -0.15) is 0 Å². The van der Waals surface area contributed by atoms with Gasteiger partial charge in [0.1, 0.15) is 5.82 Å². The number of halogens is 2. The zero-order valence-electron chi connectivity index (χ0n) is 11.9. The molecule has 2 N–H and O–H groups in total. The molecule has 1 saturated heterocycles. The van der Waals surface area contributed by atoms with Gasteiger partial charge in [-0.3, -0.25) is 4.79 Å². The summed E-state index contributed by atoms with van der Waals surface area (Å²) in [6.07, 6.45) is 1.23. The molecule has 2 rings (SSSR count). The van der Waals surface area contributed by atoms with E-state index in [4.69, 9.17) is 11.6 Å². The highest BCUT2D eigenvalue weighted by molar-refractivity contribution is 6.31. The van der Waals surface area contributed by atoms with Crippen LogP contribution in [0, 0.1) is 17.7 Å². The molecule has 5 heteroatoms. The number of carbonyl (C=O) groups is 1. The Morgan fingerprint density at radius 3 is 2.65 bits per heavy atom. The fourth-order valence-electron chi connectivity index (χ4n) is 3.07. The van der Waals surface area contributed by atoms with Crippen LogP contribution in [0.1, 0.15) is 20.3 Å². The average Bonchev–Trinajstić information content (AvgIpc) is 2.32. The molecule has 110 valence electrons. The molecule has 3 nitrogen and oxygen atoms in total. The molecular formula is C15H21ClFN2O+. The highest BCUT2D eigenvalue weighted by Crippen LogP contribution is 2.19.